The summed E-state index contributed by atoms with van der Waals surface area (Å²) in [6.45, 7) is 1.34. The van der Waals surface area contributed by atoms with Crippen LogP contribution in [0.4, 0.5) is 27.6 Å². The molecular weight excluding hydrogens is 421 g/mol. The van der Waals surface area contributed by atoms with E-state index in [4.69, 9.17) is 5.73 Å². The van der Waals surface area contributed by atoms with Crippen LogP contribution >= 0.6 is 0 Å². The summed E-state index contributed by atoms with van der Waals surface area (Å²) in [6, 6.07) is 1.92. The standard InChI is InChI=1S/C20H18F5N5O/c1-10(20(23,24)25)29-19(31)15-8-28-16(7-26)17(11-4-12(21)6-13(22)5-11)18(15)30-3-2-14(27)9-30/h4-6,8,10,14H,2-3,9,27H2,1H3,(H,29,31)/t10-,14-/m1/s1. The van der Waals surface area contributed by atoms with Gasteiger partial charge in [0, 0.05) is 37.0 Å². The van der Waals surface area contributed by atoms with Gasteiger partial charge in [-0.3, -0.25) is 4.79 Å². The highest BCUT2D eigenvalue weighted by Gasteiger charge is 2.38. The smallest absolute Gasteiger partial charge is 0.369 e. The molecule has 1 aromatic heterocycles. The Morgan fingerprint density at radius 2 is 1.97 bits per heavy atom. The van der Waals surface area contributed by atoms with E-state index in [0.717, 1.165) is 25.3 Å². The number of nitrogens with one attached hydrogen (secondary N) is 1. The minimum Gasteiger partial charge on any atom is -0.369 e. The van der Waals surface area contributed by atoms with Crippen LogP contribution in [0.5, 0.6) is 0 Å². The van der Waals surface area contributed by atoms with E-state index >= 15 is 0 Å². The van der Waals surface area contributed by atoms with Gasteiger partial charge >= 0.3 is 6.18 Å². The molecule has 0 bridgehead atoms. The van der Waals surface area contributed by atoms with Gasteiger partial charge in [-0.25, -0.2) is 13.8 Å². The summed E-state index contributed by atoms with van der Waals surface area (Å²) < 4.78 is 66.6. The fourth-order valence-corrected chi connectivity index (χ4v) is 3.40. The number of pyridine rings is 1. The number of anilines is 1. The zero-order valence-corrected chi connectivity index (χ0v) is 16.3. The molecule has 3 N–H and O–H groups in total. The molecule has 1 fully saturated rings. The zero-order chi connectivity index (χ0) is 22.9. The Labute approximate surface area is 174 Å². The maximum Gasteiger partial charge on any atom is 0.408 e. The number of amides is 1. The number of hydrogen-bond acceptors (Lipinski definition) is 5. The Balaban J connectivity index is 2.22. The molecule has 1 aliphatic heterocycles. The number of nitrogens with zero attached hydrogens (tertiary/aromatic N) is 3. The summed E-state index contributed by atoms with van der Waals surface area (Å²) in [7, 11) is 0. The number of rotatable bonds is 4. The van der Waals surface area contributed by atoms with Gasteiger partial charge in [-0.15, -0.1) is 0 Å². The molecule has 3 rings (SSSR count). The van der Waals surface area contributed by atoms with E-state index in [0.29, 0.717) is 19.0 Å². The number of carbonyl (C=O) groups is 1. The quantitative estimate of drug-likeness (QED) is 0.714. The number of benzene rings is 1. The number of alkyl halides is 3. The van der Waals surface area contributed by atoms with Crippen LogP contribution in [-0.2, 0) is 0 Å². The van der Waals surface area contributed by atoms with Gasteiger partial charge in [-0.1, -0.05) is 0 Å². The summed E-state index contributed by atoms with van der Waals surface area (Å²) in [5.74, 6) is -2.94. The molecule has 31 heavy (non-hydrogen) atoms. The van der Waals surface area contributed by atoms with Crippen LogP contribution in [0.25, 0.3) is 11.1 Å². The molecule has 1 aromatic carbocycles. The van der Waals surface area contributed by atoms with Crippen molar-refractivity contribution in [2.75, 3.05) is 18.0 Å². The molecular formula is C20H18F5N5O. The first-order valence-corrected chi connectivity index (χ1v) is 9.29. The highest BCUT2D eigenvalue weighted by molar-refractivity contribution is 6.04. The minimum absolute atomic E-state index is 0.0522. The molecule has 1 amide bonds. The van der Waals surface area contributed by atoms with Crippen molar-refractivity contribution in [3.05, 3.63) is 47.3 Å². The molecule has 0 radical (unpaired) electrons. The molecule has 11 heteroatoms. The molecule has 164 valence electrons. The van der Waals surface area contributed by atoms with Crippen molar-refractivity contribution in [3.8, 4) is 17.2 Å². The molecule has 0 aliphatic carbocycles. The van der Waals surface area contributed by atoms with Crippen LogP contribution in [0.1, 0.15) is 29.4 Å². The van der Waals surface area contributed by atoms with E-state index in [-0.39, 0.29) is 40.7 Å². The van der Waals surface area contributed by atoms with Gasteiger partial charge in [-0.2, -0.15) is 18.4 Å². The molecule has 0 unspecified atom stereocenters. The summed E-state index contributed by atoms with van der Waals surface area (Å²) in [5, 5.41) is 11.4. The van der Waals surface area contributed by atoms with Crippen molar-refractivity contribution in [2.45, 2.75) is 31.6 Å². The minimum atomic E-state index is -4.68. The highest BCUT2D eigenvalue weighted by Crippen LogP contribution is 2.38. The normalized spacial score (nSPS) is 17.4. The van der Waals surface area contributed by atoms with Crippen LogP contribution < -0.4 is 16.0 Å². The molecule has 2 aromatic rings. The van der Waals surface area contributed by atoms with Crippen molar-refractivity contribution in [1.82, 2.24) is 10.3 Å². The molecule has 2 heterocycles. The third kappa shape index (κ3) is 4.74. The Morgan fingerprint density at radius 1 is 1.32 bits per heavy atom. The van der Waals surface area contributed by atoms with Gasteiger partial charge in [0.1, 0.15) is 29.4 Å². The maximum atomic E-state index is 13.9. The monoisotopic (exact) mass is 439 g/mol. The van der Waals surface area contributed by atoms with Crippen molar-refractivity contribution < 1.29 is 26.7 Å². The number of hydrogen-bond donors (Lipinski definition) is 2. The lowest BCUT2D eigenvalue weighted by Gasteiger charge is -2.26. The zero-order valence-electron chi connectivity index (χ0n) is 16.3. The Hall–Kier alpha value is -3.26. The van der Waals surface area contributed by atoms with Crippen LogP contribution in [-0.4, -0.2) is 42.2 Å². The first kappa shape index (κ1) is 22.4. The van der Waals surface area contributed by atoms with E-state index in [1.807, 2.05) is 11.4 Å². The molecule has 6 nitrogen and oxygen atoms in total. The van der Waals surface area contributed by atoms with E-state index in [1.165, 1.54) is 0 Å². The maximum absolute atomic E-state index is 13.9. The largest absolute Gasteiger partial charge is 0.408 e. The fourth-order valence-electron chi connectivity index (χ4n) is 3.40. The summed E-state index contributed by atoms with van der Waals surface area (Å²) in [6.07, 6.45) is -3.18. The number of halogens is 5. The summed E-state index contributed by atoms with van der Waals surface area (Å²) in [4.78, 5) is 18.2. The lowest BCUT2D eigenvalue weighted by atomic mass is 9.97. The van der Waals surface area contributed by atoms with Crippen LogP contribution in [0, 0.1) is 23.0 Å². The van der Waals surface area contributed by atoms with Crippen molar-refractivity contribution in [1.29, 1.82) is 5.26 Å². The average Bonchev–Trinajstić information content (AvgIpc) is 3.11. The Bertz CT molecular complexity index is 1030. The number of carbonyl (C=O) groups excluding carboxylic acids is 1. The Morgan fingerprint density at radius 3 is 2.48 bits per heavy atom. The number of nitriles is 1. The molecule has 2 atom stereocenters. The van der Waals surface area contributed by atoms with Gasteiger partial charge in [0.05, 0.1) is 11.3 Å². The van der Waals surface area contributed by atoms with E-state index < -0.39 is 29.8 Å². The average molecular weight is 439 g/mol. The first-order valence-electron chi connectivity index (χ1n) is 9.29. The summed E-state index contributed by atoms with van der Waals surface area (Å²) >= 11 is 0. The third-order valence-electron chi connectivity index (χ3n) is 4.93. The highest BCUT2D eigenvalue weighted by atomic mass is 19.4. The molecule has 0 saturated carbocycles. The second-order valence-corrected chi connectivity index (χ2v) is 7.25. The van der Waals surface area contributed by atoms with Gasteiger partial charge in [-0.05, 0) is 31.0 Å². The van der Waals surface area contributed by atoms with Crippen molar-refractivity contribution in [3.63, 3.8) is 0 Å². The second-order valence-electron chi connectivity index (χ2n) is 7.25. The van der Waals surface area contributed by atoms with Crippen LogP contribution in [0.3, 0.4) is 0 Å². The summed E-state index contributed by atoms with van der Waals surface area (Å²) in [5.41, 5.74) is 5.37. The van der Waals surface area contributed by atoms with Gasteiger partial charge in [0.2, 0.25) is 0 Å². The third-order valence-corrected chi connectivity index (χ3v) is 4.93. The van der Waals surface area contributed by atoms with E-state index in [2.05, 4.69) is 4.98 Å². The van der Waals surface area contributed by atoms with Crippen LogP contribution in [0.2, 0.25) is 0 Å². The first-order chi connectivity index (χ1) is 14.5. The lowest BCUT2D eigenvalue weighted by Crippen LogP contribution is -2.43. The van der Waals surface area contributed by atoms with Crippen molar-refractivity contribution >= 4 is 11.6 Å². The van der Waals surface area contributed by atoms with Gasteiger partial charge in [0.25, 0.3) is 5.91 Å². The predicted molar refractivity (Wildman–Crippen MR) is 102 cm³/mol. The van der Waals surface area contributed by atoms with Crippen molar-refractivity contribution in [2.24, 2.45) is 5.73 Å². The predicted octanol–water partition coefficient (Wildman–Crippen LogP) is 3.12. The van der Waals surface area contributed by atoms with Crippen LogP contribution in [0.15, 0.2) is 24.4 Å². The van der Waals surface area contributed by atoms with E-state index in [1.54, 1.807) is 4.90 Å². The topological polar surface area (TPSA) is 95.0 Å². The van der Waals surface area contributed by atoms with Gasteiger partial charge in [0.15, 0.2) is 0 Å². The number of aromatic nitrogens is 1. The lowest BCUT2D eigenvalue weighted by molar-refractivity contribution is -0.149. The number of nitrogens with two attached hydrogens (primary N) is 1. The SMILES string of the molecule is C[C@@H](NC(=O)c1cnc(C#N)c(-c2cc(F)cc(F)c2)c1N1CC[C@@H](N)C1)C(F)(F)F. The Kier molecular flexibility index (Phi) is 6.13. The second kappa shape index (κ2) is 8.47. The fraction of sp³-hybridized carbons (Fsp3) is 0.350. The van der Waals surface area contributed by atoms with Gasteiger partial charge < -0.3 is 16.0 Å². The van der Waals surface area contributed by atoms with E-state index in [9.17, 15) is 32.0 Å². The molecule has 1 saturated heterocycles. The molecule has 0 spiro atoms. The molecule has 1 aliphatic rings.